The van der Waals surface area contributed by atoms with Crippen molar-refractivity contribution in [2.45, 2.75) is 41.7 Å². The van der Waals surface area contributed by atoms with E-state index in [1.807, 2.05) is 0 Å². The molecule has 0 bridgehead atoms. The molecule has 0 heterocycles. The first-order chi connectivity index (χ1) is 12.1. The molecule has 0 N–H and O–H groups in total. The van der Waals surface area contributed by atoms with Crippen LogP contribution in [0.4, 0.5) is 65.9 Å². The summed E-state index contributed by atoms with van der Waals surface area (Å²) in [6, 6.07) is 2.81. The van der Waals surface area contributed by atoms with E-state index in [1.165, 1.54) is 6.07 Å². The van der Waals surface area contributed by atoms with Crippen LogP contribution >= 0.6 is 0 Å². The topological polar surface area (TPSA) is 0 Å². The summed E-state index contributed by atoms with van der Waals surface area (Å²) in [6.45, 7) is 0. The summed E-state index contributed by atoms with van der Waals surface area (Å²) in [5.41, 5.74) is -2.25. The summed E-state index contributed by atoms with van der Waals surface area (Å²) in [6.07, 6.45) is -7.61. The van der Waals surface area contributed by atoms with Crippen molar-refractivity contribution in [2.24, 2.45) is 0 Å². The van der Waals surface area contributed by atoms with Crippen LogP contribution in [0.25, 0.3) is 0 Å². The standard InChI is InChI=1S/C13H4F15/c14-7(15,6-4-2-1-3-5-6)8(16,17)9(18,19)10(20,21)11(22,23)12(24,25)13(26,27)28/h1-4H. The maximum atomic E-state index is 13.6. The molecule has 0 amide bonds. The molecule has 161 valence electrons. The van der Waals surface area contributed by atoms with Crippen LogP contribution in [-0.2, 0) is 5.92 Å². The molecule has 0 saturated carbocycles. The summed E-state index contributed by atoms with van der Waals surface area (Å²) in [7, 11) is 0. The zero-order valence-electron chi connectivity index (χ0n) is 12.5. The van der Waals surface area contributed by atoms with Gasteiger partial charge in [0.2, 0.25) is 0 Å². The van der Waals surface area contributed by atoms with Crippen LogP contribution in [0.15, 0.2) is 24.3 Å². The van der Waals surface area contributed by atoms with Gasteiger partial charge in [0.25, 0.3) is 0 Å². The number of rotatable bonds is 6. The molecule has 0 aromatic heterocycles. The molecule has 0 nitrogen and oxygen atoms in total. The predicted octanol–water partition coefficient (Wildman–Crippen LogP) is 6.32. The Balaban J connectivity index is 3.62. The first-order valence-corrected chi connectivity index (χ1v) is 6.41. The van der Waals surface area contributed by atoms with Gasteiger partial charge in [-0.15, -0.1) is 0 Å². The minimum atomic E-state index is -8.28. The van der Waals surface area contributed by atoms with Gasteiger partial charge in [-0.1, -0.05) is 24.3 Å². The lowest BCUT2D eigenvalue weighted by molar-refractivity contribution is -0.453. The predicted molar refractivity (Wildman–Crippen MR) is 60.0 cm³/mol. The fraction of sp³-hybridized carbons (Fsp3) is 0.538. The van der Waals surface area contributed by atoms with Gasteiger partial charge in [-0.05, 0) is 6.07 Å². The SMILES string of the molecule is FC(F)(F)C(F)(F)C(F)(F)C(F)(F)C(F)(F)C(F)(F)C(F)(F)c1[c]cccc1. The Labute approximate surface area is 144 Å². The van der Waals surface area contributed by atoms with Crippen LogP contribution in [0, 0.1) is 6.07 Å². The maximum Gasteiger partial charge on any atom is 0.460 e. The Kier molecular flexibility index (Phi) is 5.48. The van der Waals surface area contributed by atoms with Crippen molar-refractivity contribution in [3.05, 3.63) is 35.9 Å². The third-order valence-electron chi connectivity index (χ3n) is 3.38. The van der Waals surface area contributed by atoms with Crippen molar-refractivity contribution in [3.63, 3.8) is 0 Å². The van der Waals surface area contributed by atoms with Crippen molar-refractivity contribution in [2.75, 3.05) is 0 Å². The van der Waals surface area contributed by atoms with Gasteiger partial charge in [-0.2, -0.15) is 65.9 Å². The van der Waals surface area contributed by atoms with E-state index >= 15 is 0 Å². The van der Waals surface area contributed by atoms with Gasteiger partial charge in [0.15, 0.2) is 0 Å². The van der Waals surface area contributed by atoms with Crippen molar-refractivity contribution < 1.29 is 65.9 Å². The largest absolute Gasteiger partial charge is 0.460 e. The molecule has 15 heteroatoms. The molecule has 0 spiro atoms. The normalized spacial score (nSPS) is 15.7. The number of alkyl halides is 15. The van der Waals surface area contributed by atoms with E-state index in [0.717, 1.165) is 6.07 Å². The van der Waals surface area contributed by atoms with Crippen LogP contribution in [0.3, 0.4) is 0 Å². The van der Waals surface area contributed by atoms with Crippen molar-refractivity contribution >= 4 is 0 Å². The molecule has 0 fully saturated rings. The lowest BCUT2D eigenvalue weighted by Crippen LogP contribution is -2.72. The molecular formula is C13H4F15. The van der Waals surface area contributed by atoms with Crippen LogP contribution in [0.1, 0.15) is 5.56 Å². The zero-order chi connectivity index (χ0) is 22.6. The Morgan fingerprint density at radius 2 is 0.893 bits per heavy atom. The minimum absolute atomic E-state index is 0.0788. The zero-order valence-corrected chi connectivity index (χ0v) is 12.5. The molecule has 1 aromatic rings. The number of hydrogen-bond acceptors (Lipinski definition) is 0. The van der Waals surface area contributed by atoms with Gasteiger partial charge in [-0.25, -0.2) is 0 Å². The first-order valence-electron chi connectivity index (χ1n) is 6.41. The molecule has 0 unspecified atom stereocenters. The quantitative estimate of drug-likeness (QED) is 0.450. The van der Waals surface area contributed by atoms with E-state index < -0.39 is 47.3 Å². The van der Waals surface area contributed by atoms with Gasteiger partial charge < -0.3 is 0 Å². The van der Waals surface area contributed by atoms with Crippen LogP contribution in [0.5, 0.6) is 0 Å². The van der Waals surface area contributed by atoms with Gasteiger partial charge in [0, 0.05) is 5.56 Å². The summed E-state index contributed by atoms with van der Waals surface area (Å²) in [5, 5.41) is 0. The van der Waals surface area contributed by atoms with E-state index in [-0.39, 0.29) is 6.07 Å². The smallest absolute Gasteiger partial charge is 0.194 e. The van der Waals surface area contributed by atoms with Gasteiger partial charge >= 0.3 is 41.7 Å². The highest BCUT2D eigenvalue weighted by Crippen LogP contribution is 2.63. The highest BCUT2D eigenvalue weighted by atomic mass is 19.4. The second-order valence-electron chi connectivity index (χ2n) is 5.22. The Morgan fingerprint density at radius 3 is 1.25 bits per heavy atom. The second-order valence-corrected chi connectivity index (χ2v) is 5.22. The van der Waals surface area contributed by atoms with E-state index in [9.17, 15) is 65.9 Å². The molecule has 1 aromatic carbocycles. The molecular weight excluding hydrogens is 441 g/mol. The summed E-state index contributed by atoms with van der Waals surface area (Å²) < 4.78 is 195. The summed E-state index contributed by atoms with van der Waals surface area (Å²) in [5.74, 6) is -46.5. The van der Waals surface area contributed by atoms with Gasteiger partial charge in [-0.3, -0.25) is 0 Å². The second kappa shape index (κ2) is 6.34. The van der Waals surface area contributed by atoms with Crippen molar-refractivity contribution in [3.8, 4) is 0 Å². The van der Waals surface area contributed by atoms with Crippen LogP contribution in [0.2, 0.25) is 0 Å². The highest BCUT2D eigenvalue weighted by molar-refractivity contribution is 5.24. The molecule has 0 saturated heterocycles. The molecule has 1 radical (unpaired) electrons. The average molecular weight is 445 g/mol. The number of hydrogen-bond donors (Lipinski definition) is 0. The van der Waals surface area contributed by atoms with E-state index in [4.69, 9.17) is 0 Å². The average Bonchev–Trinajstić information content (AvgIpc) is 2.53. The van der Waals surface area contributed by atoms with E-state index in [2.05, 4.69) is 0 Å². The Hall–Kier alpha value is -1.83. The molecule has 0 aliphatic carbocycles. The van der Waals surface area contributed by atoms with Crippen LogP contribution < -0.4 is 0 Å². The molecule has 0 aliphatic heterocycles. The number of benzene rings is 1. The van der Waals surface area contributed by atoms with E-state index in [1.54, 1.807) is 0 Å². The van der Waals surface area contributed by atoms with Crippen molar-refractivity contribution in [1.82, 2.24) is 0 Å². The first kappa shape index (κ1) is 24.2. The fourth-order valence-corrected chi connectivity index (χ4v) is 1.72. The molecule has 0 atom stereocenters. The minimum Gasteiger partial charge on any atom is -0.194 e. The third kappa shape index (κ3) is 2.96. The van der Waals surface area contributed by atoms with E-state index in [0.29, 0.717) is 12.1 Å². The Morgan fingerprint density at radius 1 is 0.500 bits per heavy atom. The number of halogens is 15. The van der Waals surface area contributed by atoms with Gasteiger partial charge in [0.1, 0.15) is 0 Å². The monoisotopic (exact) mass is 445 g/mol. The summed E-state index contributed by atoms with van der Waals surface area (Å²) >= 11 is 0. The lowest BCUT2D eigenvalue weighted by atomic mass is 9.89. The van der Waals surface area contributed by atoms with Crippen molar-refractivity contribution in [1.29, 1.82) is 0 Å². The lowest BCUT2D eigenvalue weighted by Gasteiger charge is -2.41. The highest BCUT2D eigenvalue weighted by Gasteiger charge is 2.93. The van der Waals surface area contributed by atoms with Gasteiger partial charge in [0.05, 0.1) is 0 Å². The third-order valence-corrected chi connectivity index (χ3v) is 3.38. The van der Waals surface area contributed by atoms with Crippen LogP contribution in [-0.4, -0.2) is 35.8 Å². The summed E-state index contributed by atoms with van der Waals surface area (Å²) in [4.78, 5) is 0. The molecule has 1 rings (SSSR count). The molecule has 0 aliphatic rings. The fourth-order valence-electron chi connectivity index (χ4n) is 1.72. The molecule has 28 heavy (non-hydrogen) atoms. The Bertz CT molecular complexity index is 686. The maximum absolute atomic E-state index is 13.6.